The van der Waals surface area contributed by atoms with Crippen molar-refractivity contribution in [2.45, 2.75) is 6.92 Å². The van der Waals surface area contributed by atoms with E-state index >= 15 is 0 Å². The van der Waals surface area contributed by atoms with Gasteiger partial charge in [0.15, 0.2) is 0 Å². The van der Waals surface area contributed by atoms with Gasteiger partial charge in [-0.1, -0.05) is 24.8 Å². The summed E-state index contributed by atoms with van der Waals surface area (Å²) in [5, 5.41) is 0. The number of hydrogen-bond donors (Lipinski definition) is 0. The molecule has 2 aliphatic rings. The second-order valence-electron chi connectivity index (χ2n) is 6.32. The lowest BCUT2D eigenvalue weighted by atomic mass is 10.0. The zero-order chi connectivity index (χ0) is 16.0. The molecule has 0 saturated carbocycles. The van der Waals surface area contributed by atoms with Crippen molar-refractivity contribution in [2.75, 3.05) is 33.2 Å². The van der Waals surface area contributed by atoms with Crippen molar-refractivity contribution in [1.29, 1.82) is 0 Å². The normalized spacial score (nSPS) is 18.3. The maximum atomic E-state index is 5.06. The van der Waals surface area contributed by atoms with E-state index in [0.29, 0.717) is 0 Å². The van der Waals surface area contributed by atoms with Crippen LogP contribution in [0.15, 0.2) is 41.9 Å². The summed E-state index contributed by atoms with van der Waals surface area (Å²) in [5.74, 6) is 1.11. The van der Waals surface area contributed by atoms with Crippen LogP contribution in [0, 0.1) is 6.92 Å². The highest BCUT2D eigenvalue weighted by Crippen LogP contribution is 2.40. The largest absolute Gasteiger partial charge is 0.353 e. The van der Waals surface area contributed by atoms with Gasteiger partial charge in [-0.3, -0.25) is 0 Å². The quantitative estimate of drug-likeness (QED) is 0.735. The van der Waals surface area contributed by atoms with E-state index in [-0.39, 0.29) is 0 Å². The Kier molecular flexibility index (Phi) is 3.58. The molecule has 3 nitrogen and oxygen atoms in total. The third kappa shape index (κ3) is 2.52. The summed E-state index contributed by atoms with van der Waals surface area (Å²) < 4.78 is 0. The first-order valence-electron chi connectivity index (χ1n) is 8.05. The van der Waals surface area contributed by atoms with Crippen molar-refractivity contribution in [3.63, 3.8) is 0 Å². The summed E-state index contributed by atoms with van der Waals surface area (Å²) in [5.41, 5.74) is 4.53. The molecule has 4 rings (SSSR count). The number of benzene rings is 1. The molecule has 0 aliphatic carbocycles. The number of amidine groups is 1. The average Bonchev–Trinajstić information content (AvgIpc) is 2.90. The molecular formula is C19H21N3S. The van der Waals surface area contributed by atoms with Gasteiger partial charge >= 0.3 is 0 Å². The molecular weight excluding hydrogens is 302 g/mol. The van der Waals surface area contributed by atoms with E-state index in [1.54, 1.807) is 0 Å². The molecule has 4 heteroatoms. The molecule has 0 atom stereocenters. The maximum absolute atomic E-state index is 5.06. The molecule has 23 heavy (non-hydrogen) atoms. The first-order chi connectivity index (χ1) is 11.1. The highest BCUT2D eigenvalue weighted by atomic mass is 32.1. The van der Waals surface area contributed by atoms with Gasteiger partial charge < -0.3 is 9.80 Å². The lowest BCUT2D eigenvalue weighted by molar-refractivity contribution is 0.216. The van der Waals surface area contributed by atoms with Gasteiger partial charge in [0.25, 0.3) is 0 Å². The van der Waals surface area contributed by atoms with Gasteiger partial charge in [-0.05, 0) is 31.7 Å². The van der Waals surface area contributed by atoms with Gasteiger partial charge in [0, 0.05) is 47.1 Å². The van der Waals surface area contributed by atoms with E-state index in [9.17, 15) is 0 Å². The first kappa shape index (κ1) is 14.7. The molecule has 0 bridgehead atoms. The lowest BCUT2D eigenvalue weighted by Gasteiger charge is -2.34. The number of piperazine rings is 1. The standard InChI is InChI=1S/C19H21N3S/c1-13-12-16-18(23-13)14(2)15-6-4-5-7-17(15)20-19(16)22-10-8-21(3)9-11-22/h4-7,12H,2,8-11H2,1,3H3. The molecule has 1 aromatic heterocycles. The Morgan fingerprint density at radius 3 is 2.61 bits per heavy atom. The molecule has 0 radical (unpaired) electrons. The Bertz CT molecular complexity index is 795. The number of hydrogen-bond acceptors (Lipinski definition) is 4. The Balaban J connectivity index is 1.87. The number of fused-ring (bicyclic) bond motifs is 2. The number of aryl methyl sites for hydroxylation is 1. The van der Waals surface area contributed by atoms with Crippen LogP contribution in [-0.2, 0) is 0 Å². The van der Waals surface area contributed by atoms with Crippen LogP contribution in [0.2, 0.25) is 0 Å². The lowest BCUT2D eigenvalue weighted by Crippen LogP contribution is -2.47. The third-order valence-electron chi connectivity index (χ3n) is 4.63. The fourth-order valence-corrected chi connectivity index (χ4v) is 4.28. The van der Waals surface area contributed by atoms with Crippen LogP contribution in [0.1, 0.15) is 20.9 Å². The fourth-order valence-electron chi connectivity index (χ4n) is 3.29. The number of aliphatic imine (C=N–C) groups is 1. The molecule has 118 valence electrons. The SMILES string of the molecule is C=C1c2ccccc2N=C(N2CCN(C)CC2)c2cc(C)sc21. The zero-order valence-electron chi connectivity index (χ0n) is 13.7. The van der Waals surface area contributed by atoms with Crippen molar-refractivity contribution in [3.05, 3.63) is 57.8 Å². The number of thiophene rings is 1. The average molecular weight is 323 g/mol. The molecule has 3 heterocycles. The number of rotatable bonds is 0. The van der Waals surface area contributed by atoms with Crippen LogP contribution in [0.3, 0.4) is 0 Å². The Hall–Kier alpha value is -1.91. The van der Waals surface area contributed by atoms with E-state index in [1.807, 2.05) is 11.3 Å². The van der Waals surface area contributed by atoms with Crippen LogP contribution in [0.4, 0.5) is 5.69 Å². The van der Waals surface area contributed by atoms with E-state index in [4.69, 9.17) is 4.99 Å². The van der Waals surface area contributed by atoms with Gasteiger partial charge in [-0.15, -0.1) is 11.3 Å². The molecule has 0 unspecified atom stereocenters. The maximum Gasteiger partial charge on any atom is 0.138 e. The predicted molar refractivity (Wildman–Crippen MR) is 98.9 cm³/mol. The van der Waals surface area contributed by atoms with E-state index < -0.39 is 0 Å². The van der Waals surface area contributed by atoms with Gasteiger partial charge in [-0.25, -0.2) is 4.99 Å². The topological polar surface area (TPSA) is 18.8 Å². The van der Waals surface area contributed by atoms with E-state index in [2.05, 4.69) is 60.7 Å². The van der Waals surface area contributed by atoms with Crippen LogP contribution in [-0.4, -0.2) is 48.9 Å². The molecule has 0 spiro atoms. The van der Waals surface area contributed by atoms with Crippen LogP contribution >= 0.6 is 11.3 Å². The number of nitrogens with zero attached hydrogens (tertiary/aromatic N) is 3. The van der Waals surface area contributed by atoms with Crippen LogP contribution in [0.5, 0.6) is 0 Å². The predicted octanol–water partition coefficient (Wildman–Crippen LogP) is 3.76. The fraction of sp³-hybridized carbons (Fsp3) is 0.316. The van der Waals surface area contributed by atoms with Crippen molar-refractivity contribution < 1.29 is 0 Å². The molecule has 2 aromatic rings. The summed E-state index contributed by atoms with van der Waals surface area (Å²) in [6.45, 7) is 10.8. The van der Waals surface area contributed by atoms with Crippen molar-refractivity contribution >= 4 is 28.4 Å². The summed E-state index contributed by atoms with van der Waals surface area (Å²) in [4.78, 5) is 12.5. The molecule has 1 saturated heterocycles. The van der Waals surface area contributed by atoms with E-state index in [1.165, 1.54) is 15.3 Å². The second-order valence-corrected chi connectivity index (χ2v) is 7.58. The Morgan fingerprint density at radius 2 is 1.83 bits per heavy atom. The Morgan fingerprint density at radius 1 is 1.09 bits per heavy atom. The van der Waals surface area contributed by atoms with Crippen LogP contribution < -0.4 is 0 Å². The van der Waals surface area contributed by atoms with Crippen molar-refractivity contribution in [3.8, 4) is 0 Å². The Labute approximate surface area is 141 Å². The molecule has 2 aliphatic heterocycles. The van der Waals surface area contributed by atoms with E-state index in [0.717, 1.165) is 48.8 Å². The molecule has 1 aromatic carbocycles. The number of para-hydroxylation sites is 1. The third-order valence-corrected chi connectivity index (χ3v) is 5.74. The minimum Gasteiger partial charge on any atom is -0.353 e. The zero-order valence-corrected chi connectivity index (χ0v) is 14.5. The van der Waals surface area contributed by atoms with Gasteiger partial charge in [0.05, 0.1) is 5.69 Å². The highest BCUT2D eigenvalue weighted by Gasteiger charge is 2.26. The van der Waals surface area contributed by atoms with Crippen molar-refractivity contribution in [2.24, 2.45) is 4.99 Å². The smallest absolute Gasteiger partial charge is 0.138 e. The number of likely N-dealkylation sites (N-methyl/N-ethyl adjacent to an activating group) is 1. The first-order valence-corrected chi connectivity index (χ1v) is 8.87. The van der Waals surface area contributed by atoms with Gasteiger partial charge in [0.2, 0.25) is 0 Å². The second kappa shape index (κ2) is 5.62. The van der Waals surface area contributed by atoms with Crippen LogP contribution in [0.25, 0.3) is 5.57 Å². The minimum atomic E-state index is 1.03. The van der Waals surface area contributed by atoms with Gasteiger partial charge in [0.1, 0.15) is 5.84 Å². The molecule has 0 amide bonds. The summed E-state index contributed by atoms with van der Waals surface area (Å²) in [7, 11) is 2.18. The van der Waals surface area contributed by atoms with Crippen molar-refractivity contribution in [1.82, 2.24) is 9.80 Å². The van der Waals surface area contributed by atoms with Gasteiger partial charge in [-0.2, -0.15) is 0 Å². The highest BCUT2D eigenvalue weighted by molar-refractivity contribution is 7.13. The molecule has 0 N–H and O–H groups in total. The summed E-state index contributed by atoms with van der Waals surface area (Å²) >= 11 is 1.83. The summed E-state index contributed by atoms with van der Waals surface area (Å²) in [6.07, 6.45) is 0. The molecule has 1 fully saturated rings. The summed E-state index contributed by atoms with van der Waals surface area (Å²) in [6, 6.07) is 10.6. The monoisotopic (exact) mass is 323 g/mol. The minimum absolute atomic E-state index is 1.03.